The van der Waals surface area contributed by atoms with E-state index in [1.807, 2.05) is 43.3 Å². The van der Waals surface area contributed by atoms with Crippen LogP contribution in [0.4, 0.5) is 5.69 Å². The van der Waals surface area contributed by atoms with Crippen molar-refractivity contribution in [3.05, 3.63) is 47.5 Å². The lowest BCUT2D eigenvalue weighted by Gasteiger charge is -2.30. The van der Waals surface area contributed by atoms with Crippen LogP contribution in [0.5, 0.6) is 17.2 Å². The first kappa shape index (κ1) is 18.2. The molecule has 4 rings (SSSR count). The Hall–Kier alpha value is -3.22. The number of amides is 2. The molecule has 0 unspecified atom stereocenters. The molecule has 2 aliphatic rings. The number of ether oxygens (including phenoxy) is 3. The molecular formula is C21H22N2O5. The van der Waals surface area contributed by atoms with E-state index in [1.165, 1.54) is 0 Å². The van der Waals surface area contributed by atoms with Gasteiger partial charge in [0.1, 0.15) is 12.4 Å². The zero-order valence-electron chi connectivity index (χ0n) is 15.7. The Bertz CT molecular complexity index is 912. The van der Waals surface area contributed by atoms with Crippen molar-refractivity contribution in [2.75, 3.05) is 24.8 Å². The minimum Gasteiger partial charge on any atom is -0.490 e. The summed E-state index contributed by atoms with van der Waals surface area (Å²) in [6, 6.07) is 11.3. The van der Waals surface area contributed by atoms with Gasteiger partial charge in [-0.15, -0.1) is 0 Å². The molecule has 0 saturated carbocycles. The molecule has 0 bridgehead atoms. The first-order valence-electron chi connectivity index (χ1n) is 9.29. The number of rotatable bonds is 5. The third-order valence-electron chi connectivity index (χ3n) is 4.77. The van der Waals surface area contributed by atoms with Crippen LogP contribution in [-0.2, 0) is 16.1 Å². The molecule has 1 N–H and O–H groups in total. The van der Waals surface area contributed by atoms with E-state index < -0.39 is 0 Å². The minimum atomic E-state index is -0.163. The highest BCUT2D eigenvalue weighted by molar-refractivity contribution is 5.97. The molecule has 7 nitrogen and oxygen atoms in total. The molecule has 2 aromatic rings. The van der Waals surface area contributed by atoms with Gasteiger partial charge in [-0.3, -0.25) is 9.59 Å². The molecule has 0 aromatic heterocycles. The first-order valence-corrected chi connectivity index (χ1v) is 9.29. The third-order valence-corrected chi connectivity index (χ3v) is 4.77. The normalized spacial score (nSPS) is 14.2. The molecule has 2 heterocycles. The van der Waals surface area contributed by atoms with E-state index in [4.69, 9.17) is 14.2 Å². The van der Waals surface area contributed by atoms with E-state index in [9.17, 15) is 9.59 Å². The van der Waals surface area contributed by atoms with Gasteiger partial charge in [-0.05, 0) is 42.3 Å². The minimum absolute atomic E-state index is 0.0756. The van der Waals surface area contributed by atoms with Crippen LogP contribution in [0.25, 0.3) is 0 Å². The average molecular weight is 382 g/mol. The van der Waals surface area contributed by atoms with Crippen LogP contribution in [0.2, 0.25) is 0 Å². The van der Waals surface area contributed by atoms with E-state index in [2.05, 4.69) is 5.32 Å². The Morgan fingerprint density at radius 3 is 2.71 bits per heavy atom. The lowest BCUT2D eigenvalue weighted by Crippen LogP contribution is -2.38. The maximum Gasteiger partial charge on any atom is 0.231 e. The Labute approximate surface area is 163 Å². The second kappa shape index (κ2) is 7.80. The van der Waals surface area contributed by atoms with Crippen molar-refractivity contribution in [1.29, 1.82) is 0 Å². The number of benzene rings is 2. The van der Waals surface area contributed by atoms with Gasteiger partial charge >= 0.3 is 0 Å². The third kappa shape index (κ3) is 3.88. The van der Waals surface area contributed by atoms with Gasteiger partial charge < -0.3 is 24.4 Å². The number of carbonyl (C=O) groups is 2. The quantitative estimate of drug-likeness (QED) is 0.860. The maximum absolute atomic E-state index is 12.6. The van der Waals surface area contributed by atoms with Crippen molar-refractivity contribution in [3.8, 4) is 17.2 Å². The van der Waals surface area contributed by atoms with Crippen molar-refractivity contribution in [3.63, 3.8) is 0 Å². The second-order valence-electron chi connectivity index (χ2n) is 6.83. The standard InChI is InChI=1S/C21H22N2O5/c1-14-2-4-17-16(10-14)23(8-9-26-17)21(25)7-6-20(24)22-12-15-3-5-18-19(11-15)28-13-27-18/h2-5,10-11H,6-9,12-13H2,1H3,(H,22,24). The number of nitrogens with one attached hydrogen (secondary N) is 1. The topological polar surface area (TPSA) is 77.1 Å². The van der Waals surface area contributed by atoms with Gasteiger partial charge in [0.2, 0.25) is 18.6 Å². The molecule has 0 radical (unpaired) electrons. The summed E-state index contributed by atoms with van der Waals surface area (Å²) in [5.74, 6) is 1.86. The Balaban J connectivity index is 1.29. The van der Waals surface area contributed by atoms with Crippen molar-refractivity contribution in [1.82, 2.24) is 5.32 Å². The summed E-state index contributed by atoms with van der Waals surface area (Å²) in [5, 5.41) is 2.85. The zero-order valence-corrected chi connectivity index (χ0v) is 15.7. The molecule has 2 amide bonds. The highest BCUT2D eigenvalue weighted by atomic mass is 16.7. The van der Waals surface area contributed by atoms with Crippen LogP contribution >= 0.6 is 0 Å². The summed E-state index contributed by atoms with van der Waals surface area (Å²) in [7, 11) is 0. The SMILES string of the molecule is Cc1ccc2c(c1)N(C(=O)CCC(=O)NCc1ccc3c(c1)OCO3)CCO2. The van der Waals surface area contributed by atoms with Crippen LogP contribution in [0.3, 0.4) is 0 Å². The van der Waals surface area contributed by atoms with Crippen LogP contribution in [0.15, 0.2) is 36.4 Å². The molecule has 28 heavy (non-hydrogen) atoms. The summed E-state index contributed by atoms with van der Waals surface area (Å²) >= 11 is 0. The van der Waals surface area contributed by atoms with Crippen LogP contribution < -0.4 is 24.4 Å². The summed E-state index contributed by atoms with van der Waals surface area (Å²) in [5.41, 5.74) is 2.75. The van der Waals surface area contributed by atoms with E-state index in [0.29, 0.717) is 36.9 Å². The zero-order chi connectivity index (χ0) is 19.5. The monoisotopic (exact) mass is 382 g/mol. The molecule has 0 saturated heterocycles. The summed E-state index contributed by atoms with van der Waals surface area (Å²) in [4.78, 5) is 26.5. The van der Waals surface area contributed by atoms with Crippen molar-refractivity contribution in [2.45, 2.75) is 26.3 Å². The largest absolute Gasteiger partial charge is 0.490 e. The smallest absolute Gasteiger partial charge is 0.231 e. The van der Waals surface area contributed by atoms with Gasteiger partial charge in [0.25, 0.3) is 0 Å². The first-order chi connectivity index (χ1) is 13.6. The van der Waals surface area contributed by atoms with Gasteiger partial charge in [0.15, 0.2) is 11.5 Å². The van der Waals surface area contributed by atoms with E-state index in [-0.39, 0.29) is 31.4 Å². The molecular weight excluding hydrogens is 360 g/mol. The van der Waals surface area contributed by atoms with E-state index >= 15 is 0 Å². The fourth-order valence-corrected chi connectivity index (χ4v) is 3.28. The average Bonchev–Trinajstić information content (AvgIpc) is 3.17. The van der Waals surface area contributed by atoms with Crippen molar-refractivity contribution >= 4 is 17.5 Å². The van der Waals surface area contributed by atoms with Crippen LogP contribution in [0, 0.1) is 6.92 Å². The van der Waals surface area contributed by atoms with Crippen molar-refractivity contribution in [2.24, 2.45) is 0 Å². The molecule has 0 spiro atoms. The number of fused-ring (bicyclic) bond motifs is 2. The van der Waals surface area contributed by atoms with E-state index in [0.717, 1.165) is 16.8 Å². The van der Waals surface area contributed by atoms with Gasteiger partial charge in [-0.1, -0.05) is 12.1 Å². The summed E-state index contributed by atoms with van der Waals surface area (Å²) in [6.45, 7) is 3.52. The van der Waals surface area contributed by atoms with Gasteiger partial charge in [0.05, 0.1) is 12.2 Å². The number of hydrogen-bond acceptors (Lipinski definition) is 5. The van der Waals surface area contributed by atoms with Gasteiger partial charge in [0, 0.05) is 19.4 Å². The fraction of sp³-hybridized carbons (Fsp3) is 0.333. The highest BCUT2D eigenvalue weighted by Crippen LogP contribution is 2.33. The lowest BCUT2D eigenvalue weighted by molar-refractivity contribution is -0.125. The van der Waals surface area contributed by atoms with Crippen molar-refractivity contribution < 1.29 is 23.8 Å². The molecule has 0 aliphatic carbocycles. The number of aryl methyl sites for hydroxylation is 1. The van der Waals surface area contributed by atoms with E-state index in [1.54, 1.807) is 4.90 Å². The van der Waals surface area contributed by atoms with Gasteiger partial charge in [-0.2, -0.15) is 0 Å². The van der Waals surface area contributed by atoms with Crippen LogP contribution in [0.1, 0.15) is 24.0 Å². The molecule has 0 atom stereocenters. The molecule has 146 valence electrons. The Morgan fingerprint density at radius 1 is 1.00 bits per heavy atom. The predicted octanol–water partition coefficient (Wildman–Crippen LogP) is 2.55. The molecule has 0 fully saturated rings. The maximum atomic E-state index is 12.6. The Kier molecular flexibility index (Phi) is 5.06. The van der Waals surface area contributed by atoms with Gasteiger partial charge in [-0.25, -0.2) is 0 Å². The summed E-state index contributed by atoms with van der Waals surface area (Å²) in [6.07, 6.45) is 0.294. The molecule has 2 aliphatic heterocycles. The summed E-state index contributed by atoms with van der Waals surface area (Å²) < 4.78 is 16.2. The number of nitrogens with zero attached hydrogens (tertiary/aromatic N) is 1. The van der Waals surface area contributed by atoms with Crippen LogP contribution in [-0.4, -0.2) is 31.8 Å². The lowest BCUT2D eigenvalue weighted by atomic mass is 10.1. The predicted molar refractivity (Wildman–Crippen MR) is 103 cm³/mol. The number of hydrogen-bond donors (Lipinski definition) is 1. The number of anilines is 1. The Morgan fingerprint density at radius 2 is 1.82 bits per heavy atom. The molecule has 2 aromatic carbocycles. The fourth-order valence-electron chi connectivity index (χ4n) is 3.28. The highest BCUT2D eigenvalue weighted by Gasteiger charge is 2.24. The molecule has 7 heteroatoms. The second-order valence-corrected chi connectivity index (χ2v) is 6.83. The number of carbonyl (C=O) groups excluding carboxylic acids is 2.